The number of hydrogen-bond acceptors (Lipinski definition) is 3. The van der Waals surface area contributed by atoms with Crippen LogP contribution in [0, 0.1) is 11.8 Å². The predicted octanol–water partition coefficient (Wildman–Crippen LogP) is 3.72. The highest BCUT2D eigenvalue weighted by atomic mass is 32.1. The SMILES string of the molecule is CCN(Cc1cccs1)C1(CN)CC(C)CC(C)C1. The Morgan fingerprint density at radius 1 is 1.37 bits per heavy atom. The normalized spacial score (nSPS) is 31.8. The smallest absolute Gasteiger partial charge is 0.0340 e. The van der Waals surface area contributed by atoms with Gasteiger partial charge in [-0.15, -0.1) is 11.3 Å². The molecule has 108 valence electrons. The van der Waals surface area contributed by atoms with Gasteiger partial charge in [0.2, 0.25) is 0 Å². The molecule has 0 bridgehead atoms. The summed E-state index contributed by atoms with van der Waals surface area (Å²) in [5.41, 5.74) is 6.45. The minimum Gasteiger partial charge on any atom is -0.329 e. The highest BCUT2D eigenvalue weighted by Gasteiger charge is 2.40. The second-order valence-corrected chi connectivity index (χ2v) is 7.41. The van der Waals surface area contributed by atoms with Gasteiger partial charge in [0, 0.05) is 23.5 Å². The first-order valence-corrected chi connectivity index (χ1v) is 8.45. The van der Waals surface area contributed by atoms with Crippen molar-refractivity contribution >= 4 is 11.3 Å². The van der Waals surface area contributed by atoms with Crippen molar-refractivity contribution in [2.24, 2.45) is 17.6 Å². The van der Waals surface area contributed by atoms with Crippen LogP contribution in [0.5, 0.6) is 0 Å². The summed E-state index contributed by atoms with van der Waals surface area (Å²) in [7, 11) is 0. The Labute approximate surface area is 122 Å². The molecule has 2 N–H and O–H groups in total. The zero-order valence-corrected chi connectivity index (χ0v) is 13.4. The predicted molar refractivity (Wildman–Crippen MR) is 84.4 cm³/mol. The lowest BCUT2D eigenvalue weighted by Crippen LogP contribution is -2.57. The molecule has 1 fully saturated rings. The summed E-state index contributed by atoms with van der Waals surface area (Å²) in [5, 5.41) is 2.17. The van der Waals surface area contributed by atoms with Gasteiger partial charge in [-0.3, -0.25) is 4.90 Å². The molecule has 19 heavy (non-hydrogen) atoms. The Bertz CT molecular complexity index is 364. The van der Waals surface area contributed by atoms with Crippen molar-refractivity contribution in [1.82, 2.24) is 4.90 Å². The molecule has 2 rings (SSSR count). The highest BCUT2D eigenvalue weighted by Crippen LogP contribution is 2.40. The summed E-state index contributed by atoms with van der Waals surface area (Å²) in [5.74, 6) is 1.59. The molecule has 1 saturated carbocycles. The first-order chi connectivity index (χ1) is 9.09. The average Bonchev–Trinajstić information content (AvgIpc) is 2.87. The molecule has 3 heteroatoms. The third kappa shape index (κ3) is 3.39. The fourth-order valence-corrected chi connectivity index (χ4v) is 4.71. The van der Waals surface area contributed by atoms with Crippen LogP contribution in [-0.4, -0.2) is 23.5 Å². The standard InChI is InChI=1S/C16H28N2S/c1-4-18(11-15-6-5-7-19-15)16(12-17)9-13(2)8-14(3)10-16/h5-7,13-14H,4,8-12,17H2,1-3H3. The summed E-state index contributed by atoms with van der Waals surface area (Å²) in [4.78, 5) is 4.09. The molecule has 2 unspecified atom stereocenters. The second-order valence-electron chi connectivity index (χ2n) is 6.38. The summed E-state index contributed by atoms with van der Waals surface area (Å²) in [6, 6.07) is 4.39. The van der Waals surface area contributed by atoms with Crippen LogP contribution >= 0.6 is 11.3 Å². The Balaban J connectivity index is 2.16. The Morgan fingerprint density at radius 3 is 2.53 bits per heavy atom. The number of nitrogens with zero attached hydrogens (tertiary/aromatic N) is 1. The Kier molecular flexibility index (Phi) is 5.04. The molecule has 2 nitrogen and oxygen atoms in total. The molecule has 0 aliphatic heterocycles. The zero-order valence-electron chi connectivity index (χ0n) is 12.6. The van der Waals surface area contributed by atoms with Crippen molar-refractivity contribution in [2.75, 3.05) is 13.1 Å². The Hall–Kier alpha value is -0.380. The number of hydrogen-bond donors (Lipinski definition) is 1. The van der Waals surface area contributed by atoms with Crippen molar-refractivity contribution in [2.45, 2.75) is 52.1 Å². The molecule has 1 aliphatic carbocycles. The lowest BCUT2D eigenvalue weighted by molar-refractivity contribution is 0.0177. The average molecular weight is 280 g/mol. The van der Waals surface area contributed by atoms with Crippen LogP contribution in [0.2, 0.25) is 0 Å². The minimum atomic E-state index is 0.218. The van der Waals surface area contributed by atoms with Gasteiger partial charge in [0.05, 0.1) is 0 Å². The Morgan fingerprint density at radius 2 is 2.05 bits per heavy atom. The molecular formula is C16H28N2S. The van der Waals surface area contributed by atoms with Gasteiger partial charge in [0.25, 0.3) is 0 Å². The summed E-state index contributed by atoms with van der Waals surface area (Å²) < 4.78 is 0. The highest BCUT2D eigenvalue weighted by molar-refractivity contribution is 7.09. The maximum absolute atomic E-state index is 6.23. The van der Waals surface area contributed by atoms with Crippen molar-refractivity contribution in [3.05, 3.63) is 22.4 Å². The van der Waals surface area contributed by atoms with E-state index in [0.29, 0.717) is 0 Å². The van der Waals surface area contributed by atoms with E-state index in [1.54, 1.807) is 0 Å². The summed E-state index contributed by atoms with van der Waals surface area (Å²) in [6.45, 7) is 9.99. The quantitative estimate of drug-likeness (QED) is 0.890. The summed E-state index contributed by atoms with van der Waals surface area (Å²) >= 11 is 1.86. The van der Waals surface area contributed by atoms with Crippen LogP contribution in [0.25, 0.3) is 0 Å². The van der Waals surface area contributed by atoms with E-state index in [9.17, 15) is 0 Å². The van der Waals surface area contributed by atoms with E-state index >= 15 is 0 Å². The first kappa shape index (κ1) is 15.0. The van der Waals surface area contributed by atoms with Gasteiger partial charge in [-0.2, -0.15) is 0 Å². The van der Waals surface area contributed by atoms with Gasteiger partial charge in [-0.25, -0.2) is 0 Å². The van der Waals surface area contributed by atoms with Gasteiger partial charge in [0.15, 0.2) is 0 Å². The van der Waals surface area contributed by atoms with Crippen LogP contribution in [0.15, 0.2) is 17.5 Å². The summed E-state index contributed by atoms with van der Waals surface area (Å²) in [6.07, 6.45) is 3.87. The molecule has 0 spiro atoms. The van der Waals surface area contributed by atoms with E-state index in [0.717, 1.165) is 31.5 Å². The van der Waals surface area contributed by atoms with E-state index in [-0.39, 0.29) is 5.54 Å². The van der Waals surface area contributed by atoms with E-state index in [4.69, 9.17) is 5.73 Å². The topological polar surface area (TPSA) is 29.3 Å². The van der Waals surface area contributed by atoms with Crippen LogP contribution in [0.3, 0.4) is 0 Å². The van der Waals surface area contributed by atoms with Gasteiger partial charge in [-0.05, 0) is 49.1 Å². The van der Waals surface area contributed by atoms with Crippen LogP contribution in [-0.2, 0) is 6.54 Å². The minimum absolute atomic E-state index is 0.218. The molecular weight excluding hydrogens is 252 g/mol. The van der Waals surface area contributed by atoms with Crippen LogP contribution in [0.1, 0.15) is 44.9 Å². The van der Waals surface area contributed by atoms with Crippen LogP contribution < -0.4 is 5.73 Å². The largest absolute Gasteiger partial charge is 0.329 e. The van der Waals surface area contributed by atoms with Gasteiger partial charge in [-0.1, -0.05) is 26.8 Å². The fraction of sp³-hybridized carbons (Fsp3) is 0.750. The van der Waals surface area contributed by atoms with Gasteiger partial charge < -0.3 is 5.73 Å². The molecule has 1 aromatic rings. The lowest BCUT2D eigenvalue weighted by atomic mass is 9.70. The van der Waals surface area contributed by atoms with Crippen LogP contribution in [0.4, 0.5) is 0 Å². The van der Waals surface area contributed by atoms with Crippen molar-refractivity contribution in [3.8, 4) is 0 Å². The third-order valence-electron chi connectivity index (χ3n) is 4.62. The van der Waals surface area contributed by atoms with Crippen molar-refractivity contribution in [3.63, 3.8) is 0 Å². The van der Waals surface area contributed by atoms with Crippen molar-refractivity contribution < 1.29 is 0 Å². The first-order valence-electron chi connectivity index (χ1n) is 7.57. The molecule has 2 atom stereocenters. The van der Waals surface area contributed by atoms with E-state index in [1.165, 1.54) is 24.1 Å². The fourth-order valence-electron chi connectivity index (χ4n) is 3.99. The molecule has 0 saturated heterocycles. The maximum Gasteiger partial charge on any atom is 0.0340 e. The number of rotatable bonds is 5. The molecule has 1 heterocycles. The lowest BCUT2D eigenvalue weighted by Gasteiger charge is -2.49. The molecule has 0 radical (unpaired) electrons. The van der Waals surface area contributed by atoms with Gasteiger partial charge >= 0.3 is 0 Å². The third-order valence-corrected chi connectivity index (χ3v) is 5.48. The molecule has 0 amide bonds. The van der Waals surface area contributed by atoms with E-state index in [1.807, 2.05) is 11.3 Å². The maximum atomic E-state index is 6.23. The van der Waals surface area contributed by atoms with E-state index in [2.05, 4.69) is 43.2 Å². The number of thiophene rings is 1. The van der Waals surface area contributed by atoms with Gasteiger partial charge in [0.1, 0.15) is 0 Å². The monoisotopic (exact) mass is 280 g/mol. The second kappa shape index (κ2) is 6.38. The molecule has 1 aliphatic rings. The molecule has 1 aromatic heterocycles. The zero-order chi connectivity index (χ0) is 13.9. The van der Waals surface area contributed by atoms with Crippen molar-refractivity contribution in [1.29, 1.82) is 0 Å². The molecule has 0 aromatic carbocycles. The van der Waals surface area contributed by atoms with E-state index < -0.39 is 0 Å². The number of likely N-dealkylation sites (N-methyl/N-ethyl adjacent to an activating group) is 1. The number of nitrogens with two attached hydrogens (primary N) is 1.